The molecule has 0 radical (unpaired) electrons. The van der Waals surface area contributed by atoms with Gasteiger partial charge in [-0.15, -0.1) is 0 Å². The second-order valence-electron chi connectivity index (χ2n) is 9.62. The number of carbonyl (C=O) groups is 3. The smallest absolute Gasteiger partial charge is 0.337 e. The normalized spacial score (nSPS) is 29.5. The van der Waals surface area contributed by atoms with Gasteiger partial charge in [0.2, 0.25) is 0 Å². The lowest BCUT2D eigenvalue weighted by Gasteiger charge is -2.59. The highest BCUT2D eigenvalue weighted by Gasteiger charge is 2.53. The van der Waals surface area contributed by atoms with E-state index >= 15 is 0 Å². The number of amides is 1. The lowest BCUT2D eigenvalue weighted by molar-refractivity contribution is -0.145. The Kier molecular flexibility index (Phi) is 6.17. The summed E-state index contributed by atoms with van der Waals surface area (Å²) in [5.41, 5.74) is 1.40. The van der Waals surface area contributed by atoms with Crippen molar-refractivity contribution in [1.82, 2.24) is 5.32 Å². The van der Waals surface area contributed by atoms with Gasteiger partial charge < -0.3 is 14.8 Å². The average molecular weight is 426 g/mol. The predicted molar refractivity (Wildman–Crippen MR) is 116 cm³/mol. The summed E-state index contributed by atoms with van der Waals surface area (Å²) in [5, 5.41) is 3.10. The second kappa shape index (κ2) is 8.85. The molecule has 6 heteroatoms. The summed E-state index contributed by atoms with van der Waals surface area (Å²) in [6.07, 6.45) is 10.6. The minimum absolute atomic E-state index is 0.107. The van der Waals surface area contributed by atoms with Gasteiger partial charge in [0.15, 0.2) is 6.61 Å². The molecule has 0 spiro atoms. The second-order valence-corrected chi connectivity index (χ2v) is 9.62. The van der Waals surface area contributed by atoms with E-state index < -0.39 is 11.9 Å². The van der Waals surface area contributed by atoms with Crippen molar-refractivity contribution in [3.63, 3.8) is 0 Å². The maximum Gasteiger partial charge on any atom is 0.337 e. The first-order valence-electron chi connectivity index (χ1n) is 11.2. The van der Waals surface area contributed by atoms with Crippen LogP contribution in [0.25, 0.3) is 6.08 Å². The standard InChI is InChI=1S/C25H31NO5/c1-16(25-12-18-9-19(13-25)11-20(10-18)14-25)26-22(27)15-31-23(28)8-5-17-3-6-21(7-4-17)24(29)30-2/h3-8,16,18-20H,9-15H2,1-2H3,(H,26,27)/b8-5+/t16-,18?,19?,20?,25?/m1/s1. The van der Waals surface area contributed by atoms with Gasteiger partial charge in [-0.2, -0.15) is 0 Å². The molecule has 0 saturated heterocycles. The van der Waals surface area contributed by atoms with Crippen LogP contribution in [0.4, 0.5) is 0 Å². The highest BCUT2D eigenvalue weighted by atomic mass is 16.5. The van der Waals surface area contributed by atoms with Gasteiger partial charge in [0, 0.05) is 12.1 Å². The molecule has 0 aromatic heterocycles. The molecule has 4 bridgehead atoms. The van der Waals surface area contributed by atoms with E-state index in [1.54, 1.807) is 30.3 Å². The van der Waals surface area contributed by atoms with Gasteiger partial charge in [-0.25, -0.2) is 9.59 Å². The molecule has 5 rings (SSSR count). The molecule has 0 aliphatic heterocycles. The third-order valence-electron chi connectivity index (χ3n) is 7.47. The van der Waals surface area contributed by atoms with Crippen LogP contribution in [0.5, 0.6) is 0 Å². The van der Waals surface area contributed by atoms with Crippen molar-refractivity contribution in [2.45, 2.75) is 51.5 Å². The zero-order valence-corrected chi connectivity index (χ0v) is 18.3. The van der Waals surface area contributed by atoms with Gasteiger partial charge >= 0.3 is 11.9 Å². The summed E-state index contributed by atoms with van der Waals surface area (Å²) < 4.78 is 9.77. The SMILES string of the molecule is COC(=O)c1ccc(/C=C/C(=O)OCC(=O)N[C@H](C)C23CC4CC(CC(C4)C2)C3)cc1. The molecule has 31 heavy (non-hydrogen) atoms. The molecule has 4 saturated carbocycles. The highest BCUT2D eigenvalue weighted by Crippen LogP contribution is 2.61. The number of hydrogen-bond acceptors (Lipinski definition) is 5. The van der Waals surface area contributed by atoms with E-state index in [4.69, 9.17) is 4.74 Å². The van der Waals surface area contributed by atoms with Crippen LogP contribution in [0, 0.1) is 23.2 Å². The van der Waals surface area contributed by atoms with Crippen LogP contribution in [-0.2, 0) is 19.1 Å². The number of benzene rings is 1. The molecule has 1 atom stereocenters. The molecule has 6 nitrogen and oxygen atoms in total. The van der Waals surface area contributed by atoms with E-state index in [1.807, 2.05) is 0 Å². The number of ether oxygens (including phenoxy) is 2. The minimum atomic E-state index is -0.574. The van der Waals surface area contributed by atoms with E-state index in [0.717, 1.165) is 23.3 Å². The Hall–Kier alpha value is -2.63. The van der Waals surface area contributed by atoms with Crippen molar-refractivity contribution < 1.29 is 23.9 Å². The van der Waals surface area contributed by atoms with E-state index in [1.165, 1.54) is 51.7 Å². The first-order chi connectivity index (χ1) is 14.9. The molecule has 166 valence electrons. The minimum Gasteiger partial charge on any atom is -0.465 e. The Morgan fingerprint density at radius 2 is 1.65 bits per heavy atom. The quantitative estimate of drug-likeness (QED) is 0.531. The molecular weight excluding hydrogens is 394 g/mol. The lowest BCUT2D eigenvalue weighted by atomic mass is 9.48. The zero-order valence-electron chi connectivity index (χ0n) is 18.3. The summed E-state index contributed by atoms with van der Waals surface area (Å²) in [7, 11) is 1.33. The van der Waals surface area contributed by atoms with Crippen molar-refractivity contribution in [2.75, 3.05) is 13.7 Å². The Morgan fingerprint density at radius 1 is 1.06 bits per heavy atom. The number of carbonyl (C=O) groups excluding carboxylic acids is 3. The van der Waals surface area contributed by atoms with Gasteiger partial charge in [-0.1, -0.05) is 12.1 Å². The summed E-state index contributed by atoms with van der Waals surface area (Å²) in [5.74, 6) is 1.26. The first-order valence-corrected chi connectivity index (χ1v) is 11.2. The molecule has 1 amide bonds. The fourth-order valence-electron chi connectivity index (χ4n) is 6.34. The average Bonchev–Trinajstić information content (AvgIpc) is 2.75. The molecular formula is C25H31NO5. The number of nitrogens with one attached hydrogen (secondary N) is 1. The fourth-order valence-corrected chi connectivity index (χ4v) is 6.34. The van der Waals surface area contributed by atoms with Crippen LogP contribution < -0.4 is 5.32 Å². The van der Waals surface area contributed by atoms with Crippen LogP contribution >= 0.6 is 0 Å². The van der Waals surface area contributed by atoms with E-state index in [0.29, 0.717) is 5.56 Å². The number of methoxy groups -OCH3 is 1. The molecule has 1 aromatic rings. The third-order valence-corrected chi connectivity index (χ3v) is 7.47. The fraction of sp³-hybridized carbons (Fsp3) is 0.560. The number of rotatable bonds is 7. The third kappa shape index (κ3) is 4.83. The lowest BCUT2D eigenvalue weighted by Crippen LogP contribution is -2.56. The number of hydrogen-bond donors (Lipinski definition) is 1. The summed E-state index contributed by atoms with van der Waals surface area (Å²) in [6.45, 7) is 1.84. The van der Waals surface area contributed by atoms with E-state index in [-0.39, 0.29) is 24.0 Å². The van der Waals surface area contributed by atoms with Gasteiger partial charge in [-0.05, 0) is 92.4 Å². The molecule has 0 unspecified atom stereocenters. The Balaban J connectivity index is 1.24. The van der Waals surface area contributed by atoms with Crippen molar-refractivity contribution >= 4 is 23.9 Å². The summed E-state index contributed by atoms with van der Waals surface area (Å²) >= 11 is 0. The van der Waals surface area contributed by atoms with Crippen LogP contribution in [0.1, 0.15) is 61.4 Å². The van der Waals surface area contributed by atoms with Crippen LogP contribution in [0.2, 0.25) is 0 Å². The van der Waals surface area contributed by atoms with Crippen molar-refractivity contribution in [1.29, 1.82) is 0 Å². The Bertz CT molecular complexity index is 837. The monoisotopic (exact) mass is 425 g/mol. The molecule has 1 N–H and O–H groups in total. The van der Waals surface area contributed by atoms with Crippen LogP contribution in [0.15, 0.2) is 30.3 Å². The van der Waals surface area contributed by atoms with Crippen molar-refractivity contribution in [2.24, 2.45) is 23.2 Å². The molecule has 4 aliphatic rings. The Labute approximate surface area is 183 Å². The summed E-state index contributed by atoms with van der Waals surface area (Å²) in [6, 6.07) is 6.76. The van der Waals surface area contributed by atoms with E-state index in [9.17, 15) is 14.4 Å². The Morgan fingerprint density at radius 3 is 2.19 bits per heavy atom. The topological polar surface area (TPSA) is 81.7 Å². The van der Waals surface area contributed by atoms with Crippen LogP contribution in [0.3, 0.4) is 0 Å². The van der Waals surface area contributed by atoms with Gasteiger partial charge in [0.05, 0.1) is 12.7 Å². The maximum absolute atomic E-state index is 12.4. The molecule has 0 heterocycles. The zero-order chi connectivity index (χ0) is 22.0. The van der Waals surface area contributed by atoms with Gasteiger partial charge in [-0.3, -0.25) is 4.79 Å². The molecule has 1 aromatic carbocycles. The predicted octanol–water partition coefficient (Wildman–Crippen LogP) is 3.75. The molecule has 4 aliphatic carbocycles. The number of esters is 2. The van der Waals surface area contributed by atoms with Crippen molar-refractivity contribution in [3.8, 4) is 0 Å². The largest absolute Gasteiger partial charge is 0.465 e. The molecule has 4 fully saturated rings. The van der Waals surface area contributed by atoms with Gasteiger partial charge in [0.25, 0.3) is 5.91 Å². The van der Waals surface area contributed by atoms with E-state index in [2.05, 4.69) is 17.0 Å². The van der Waals surface area contributed by atoms with Gasteiger partial charge in [0.1, 0.15) is 0 Å². The highest BCUT2D eigenvalue weighted by molar-refractivity contribution is 5.91. The summed E-state index contributed by atoms with van der Waals surface area (Å²) in [4.78, 5) is 35.8. The van der Waals surface area contributed by atoms with Crippen LogP contribution in [-0.4, -0.2) is 37.6 Å². The first kappa shape index (κ1) is 21.6. The van der Waals surface area contributed by atoms with Crippen molar-refractivity contribution in [3.05, 3.63) is 41.5 Å². The maximum atomic E-state index is 12.4.